The third kappa shape index (κ3) is 3.25. The molecule has 0 atom stereocenters. The monoisotopic (exact) mass is 323 g/mol. The molecule has 0 amide bonds. The van der Waals surface area contributed by atoms with Crippen molar-refractivity contribution in [3.63, 3.8) is 0 Å². The van der Waals surface area contributed by atoms with Crippen LogP contribution >= 0.6 is 11.3 Å². The van der Waals surface area contributed by atoms with Crippen LogP contribution in [-0.4, -0.2) is 19.9 Å². The molecule has 0 aliphatic carbocycles. The van der Waals surface area contributed by atoms with E-state index >= 15 is 0 Å². The molecule has 3 rings (SSSR count). The van der Waals surface area contributed by atoms with Crippen LogP contribution in [0.5, 0.6) is 0 Å². The summed E-state index contributed by atoms with van der Waals surface area (Å²) in [6.07, 6.45) is 2.08. The van der Waals surface area contributed by atoms with Gasteiger partial charge in [-0.1, -0.05) is 6.07 Å². The maximum Gasteiger partial charge on any atom is 0.240 e. The number of nitrogens with one attached hydrogen (secondary N) is 2. The maximum atomic E-state index is 12.3. The number of sulfonamides is 1. The van der Waals surface area contributed by atoms with Crippen molar-refractivity contribution in [1.29, 1.82) is 0 Å². The Kier molecular flexibility index (Phi) is 3.97. The summed E-state index contributed by atoms with van der Waals surface area (Å²) in [6, 6.07) is 5.27. The molecule has 2 aromatic rings. The second kappa shape index (κ2) is 5.75. The molecule has 5 nitrogen and oxygen atoms in total. The minimum Gasteiger partial charge on any atom is -0.385 e. The highest BCUT2D eigenvalue weighted by Gasteiger charge is 2.17. The predicted octanol–water partition coefficient (Wildman–Crippen LogP) is 2.29. The Morgan fingerprint density at radius 3 is 3.05 bits per heavy atom. The average Bonchev–Trinajstić information content (AvgIpc) is 2.90. The molecule has 0 saturated carbocycles. The highest BCUT2D eigenvalue weighted by molar-refractivity contribution is 7.89. The fraction of sp³-hybridized carbons (Fsp3) is 0.357. The van der Waals surface area contributed by atoms with E-state index in [0.717, 1.165) is 35.8 Å². The third-order valence-corrected chi connectivity index (χ3v) is 5.66. The van der Waals surface area contributed by atoms with Gasteiger partial charge in [-0.3, -0.25) is 0 Å². The first-order valence-corrected chi connectivity index (χ1v) is 9.18. The van der Waals surface area contributed by atoms with Crippen LogP contribution in [0.15, 0.2) is 28.5 Å². The van der Waals surface area contributed by atoms with E-state index in [2.05, 4.69) is 15.0 Å². The second-order valence-electron chi connectivity index (χ2n) is 5.03. The lowest BCUT2D eigenvalue weighted by atomic mass is 10.0. The lowest BCUT2D eigenvalue weighted by Gasteiger charge is -2.18. The normalized spacial score (nSPS) is 14.5. The highest BCUT2D eigenvalue weighted by Crippen LogP contribution is 2.25. The van der Waals surface area contributed by atoms with Crippen LogP contribution in [-0.2, 0) is 23.0 Å². The summed E-state index contributed by atoms with van der Waals surface area (Å²) >= 11 is 1.51. The summed E-state index contributed by atoms with van der Waals surface area (Å²) in [5.41, 5.74) is 2.85. The molecule has 0 spiro atoms. The molecule has 0 saturated heterocycles. The fourth-order valence-corrected chi connectivity index (χ4v) is 3.99. The molecule has 1 aliphatic rings. The van der Waals surface area contributed by atoms with E-state index in [1.54, 1.807) is 12.1 Å². The van der Waals surface area contributed by atoms with Crippen molar-refractivity contribution in [1.82, 2.24) is 9.71 Å². The van der Waals surface area contributed by atoms with Crippen LogP contribution in [0.2, 0.25) is 0 Å². The zero-order valence-corrected chi connectivity index (χ0v) is 13.4. The van der Waals surface area contributed by atoms with Crippen LogP contribution in [0.3, 0.4) is 0 Å². The van der Waals surface area contributed by atoms with Gasteiger partial charge in [0.05, 0.1) is 22.1 Å². The largest absolute Gasteiger partial charge is 0.385 e. The molecule has 112 valence electrons. The molecule has 0 radical (unpaired) electrons. The van der Waals surface area contributed by atoms with Gasteiger partial charge < -0.3 is 5.32 Å². The van der Waals surface area contributed by atoms with E-state index in [-0.39, 0.29) is 6.54 Å². The van der Waals surface area contributed by atoms with Gasteiger partial charge in [0.15, 0.2) is 0 Å². The number of anilines is 1. The van der Waals surface area contributed by atoms with Crippen molar-refractivity contribution >= 4 is 27.0 Å². The Hall–Kier alpha value is -1.44. The first-order chi connectivity index (χ1) is 10.0. The van der Waals surface area contributed by atoms with Crippen LogP contribution in [0.1, 0.15) is 22.7 Å². The molecule has 1 aromatic carbocycles. The van der Waals surface area contributed by atoms with Gasteiger partial charge >= 0.3 is 0 Å². The van der Waals surface area contributed by atoms with Crippen LogP contribution in [0, 0.1) is 6.92 Å². The number of thiazole rings is 1. The molecule has 1 aliphatic heterocycles. The molecule has 0 bridgehead atoms. The van der Waals surface area contributed by atoms with Gasteiger partial charge in [-0.15, -0.1) is 11.3 Å². The number of nitrogens with zero attached hydrogens (tertiary/aromatic N) is 1. The van der Waals surface area contributed by atoms with Crippen molar-refractivity contribution in [2.45, 2.75) is 31.2 Å². The van der Waals surface area contributed by atoms with Gasteiger partial charge in [-0.25, -0.2) is 18.1 Å². The van der Waals surface area contributed by atoms with E-state index in [9.17, 15) is 8.42 Å². The van der Waals surface area contributed by atoms with Gasteiger partial charge in [0.2, 0.25) is 10.0 Å². The number of aryl methyl sites for hydroxylation is 2. The van der Waals surface area contributed by atoms with E-state index in [4.69, 9.17) is 0 Å². The Morgan fingerprint density at radius 2 is 2.29 bits per heavy atom. The predicted molar refractivity (Wildman–Crippen MR) is 84.1 cm³/mol. The summed E-state index contributed by atoms with van der Waals surface area (Å²) < 4.78 is 27.3. The molecule has 2 N–H and O–H groups in total. The molecule has 0 fully saturated rings. The topological polar surface area (TPSA) is 71.1 Å². The number of rotatable bonds is 4. The van der Waals surface area contributed by atoms with Crippen molar-refractivity contribution in [2.24, 2.45) is 0 Å². The Morgan fingerprint density at radius 1 is 1.43 bits per heavy atom. The zero-order chi connectivity index (χ0) is 14.9. The van der Waals surface area contributed by atoms with Crippen molar-refractivity contribution in [3.05, 3.63) is 39.8 Å². The number of fused-ring (bicyclic) bond motifs is 1. The second-order valence-corrected chi connectivity index (χ2v) is 7.86. The summed E-state index contributed by atoms with van der Waals surface area (Å²) in [4.78, 5) is 4.55. The lowest BCUT2D eigenvalue weighted by Crippen LogP contribution is -2.24. The van der Waals surface area contributed by atoms with Gasteiger partial charge in [-0.05, 0) is 37.5 Å². The van der Waals surface area contributed by atoms with Crippen LogP contribution in [0.25, 0.3) is 0 Å². The van der Waals surface area contributed by atoms with Crippen molar-refractivity contribution in [3.8, 4) is 0 Å². The van der Waals surface area contributed by atoms with Gasteiger partial charge in [0.25, 0.3) is 0 Å². The molecular weight excluding hydrogens is 306 g/mol. The summed E-state index contributed by atoms with van der Waals surface area (Å²) in [5.74, 6) is 0. The Labute approximate surface area is 128 Å². The molecule has 2 heterocycles. The first-order valence-electron chi connectivity index (χ1n) is 6.82. The standard InChI is InChI=1S/C14H17N3O2S2/c1-10-17-12(9-20-10)8-16-21(18,19)13-5-4-11-3-2-6-15-14(11)7-13/h4-5,7,9,15-16H,2-3,6,8H2,1H3. The smallest absolute Gasteiger partial charge is 0.240 e. The minimum absolute atomic E-state index is 0.219. The van der Waals surface area contributed by atoms with Crippen molar-refractivity contribution < 1.29 is 8.42 Å². The Balaban J connectivity index is 1.78. The molecule has 1 aromatic heterocycles. The highest BCUT2D eigenvalue weighted by atomic mass is 32.2. The lowest BCUT2D eigenvalue weighted by molar-refractivity contribution is 0.580. The first kappa shape index (κ1) is 14.5. The van der Waals surface area contributed by atoms with Crippen LogP contribution in [0.4, 0.5) is 5.69 Å². The SMILES string of the molecule is Cc1nc(CNS(=O)(=O)c2ccc3c(c2)NCCC3)cs1. The quantitative estimate of drug-likeness (QED) is 0.905. The van der Waals surface area contributed by atoms with Gasteiger partial charge in [-0.2, -0.15) is 0 Å². The van der Waals surface area contributed by atoms with E-state index < -0.39 is 10.0 Å². The number of hydrogen-bond donors (Lipinski definition) is 2. The maximum absolute atomic E-state index is 12.3. The molecular formula is C14H17N3O2S2. The number of benzene rings is 1. The number of hydrogen-bond acceptors (Lipinski definition) is 5. The number of aromatic nitrogens is 1. The van der Waals surface area contributed by atoms with Crippen molar-refractivity contribution in [2.75, 3.05) is 11.9 Å². The minimum atomic E-state index is -3.51. The average molecular weight is 323 g/mol. The summed E-state index contributed by atoms with van der Waals surface area (Å²) in [6.45, 7) is 3.01. The fourth-order valence-electron chi connectivity index (χ4n) is 2.35. The zero-order valence-electron chi connectivity index (χ0n) is 11.7. The van der Waals surface area contributed by atoms with E-state index in [1.165, 1.54) is 16.9 Å². The summed E-state index contributed by atoms with van der Waals surface area (Å²) in [5, 5.41) is 6.05. The van der Waals surface area contributed by atoms with Gasteiger partial charge in [0.1, 0.15) is 0 Å². The summed E-state index contributed by atoms with van der Waals surface area (Å²) in [7, 11) is -3.51. The molecule has 0 unspecified atom stereocenters. The molecule has 7 heteroatoms. The van der Waals surface area contributed by atoms with E-state index in [0.29, 0.717) is 4.90 Å². The van der Waals surface area contributed by atoms with Gasteiger partial charge in [0, 0.05) is 17.6 Å². The van der Waals surface area contributed by atoms with Crippen LogP contribution < -0.4 is 10.0 Å². The molecule has 21 heavy (non-hydrogen) atoms. The Bertz CT molecular complexity index is 753. The van der Waals surface area contributed by atoms with E-state index in [1.807, 2.05) is 18.4 Å². The third-order valence-electron chi connectivity index (χ3n) is 3.44.